The molecule has 1 heterocycles. The molecule has 0 N–H and O–H groups in total. The van der Waals surface area contributed by atoms with Crippen molar-refractivity contribution in [2.45, 2.75) is 5.75 Å². The van der Waals surface area contributed by atoms with Gasteiger partial charge in [-0.3, -0.25) is 4.79 Å². The molecule has 0 spiro atoms. The second kappa shape index (κ2) is 9.09. The molecule has 0 radical (unpaired) electrons. The molecule has 1 amide bonds. The van der Waals surface area contributed by atoms with Gasteiger partial charge in [0.05, 0.1) is 5.75 Å². The van der Waals surface area contributed by atoms with Crippen molar-refractivity contribution < 1.29 is 13.2 Å². The Hall–Kier alpha value is -1.86. The Morgan fingerprint density at radius 2 is 1.57 bits per heavy atom. The fourth-order valence-electron chi connectivity index (χ4n) is 3.01. The highest BCUT2D eigenvalue weighted by Gasteiger charge is 2.28. The number of amides is 1. The molecule has 5 nitrogen and oxygen atoms in total. The van der Waals surface area contributed by atoms with E-state index in [-0.39, 0.29) is 24.7 Å². The molecular formula is C20H20Cl2N2O3S. The van der Waals surface area contributed by atoms with E-state index in [1.165, 1.54) is 10.4 Å². The zero-order valence-corrected chi connectivity index (χ0v) is 17.4. The lowest BCUT2D eigenvalue weighted by atomic mass is 10.2. The fraction of sp³-hybridized carbons (Fsp3) is 0.250. The number of hydrogen-bond donors (Lipinski definition) is 0. The number of hydrogen-bond acceptors (Lipinski definition) is 3. The van der Waals surface area contributed by atoms with Gasteiger partial charge in [0.1, 0.15) is 0 Å². The highest BCUT2D eigenvalue weighted by Crippen LogP contribution is 2.20. The first-order valence-electron chi connectivity index (χ1n) is 8.78. The van der Waals surface area contributed by atoms with Gasteiger partial charge >= 0.3 is 0 Å². The number of nitrogens with zero attached hydrogens (tertiary/aromatic N) is 2. The molecule has 0 bridgehead atoms. The molecule has 28 heavy (non-hydrogen) atoms. The Balaban J connectivity index is 1.57. The van der Waals surface area contributed by atoms with Crippen LogP contribution in [-0.2, 0) is 20.6 Å². The minimum absolute atomic E-state index is 0.0305. The van der Waals surface area contributed by atoms with E-state index in [9.17, 15) is 13.2 Å². The van der Waals surface area contributed by atoms with Crippen LogP contribution in [0.3, 0.4) is 0 Å². The van der Waals surface area contributed by atoms with Crippen LogP contribution >= 0.6 is 23.2 Å². The number of halogens is 2. The summed E-state index contributed by atoms with van der Waals surface area (Å²) in [6.45, 7) is 1.29. The molecule has 1 saturated heterocycles. The third-order valence-electron chi connectivity index (χ3n) is 4.44. The van der Waals surface area contributed by atoms with Crippen molar-refractivity contribution in [2.75, 3.05) is 26.2 Å². The topological polar surface area (TPSA) is 57.7 Å². The van der Waals surface area contributed by atoms with Crippen LogP contribution in [0.2, 0.25) is 10.0 Å². The molecule has 0 saturated carbocycles. The smallest absolute Gasteiger partial charge is 0.246 e. The molecule has 148 valence electrons. The van der Waals surface area contributed by atoms with Crippen LogP contribution < -0.4 is 0 Å². The molecule has 2 aromatic carbocycles. The first kappa shape index (κ1) is 20.9. The summed E-state index contributed by atoms with van der Waals surface area (Å²) in [5.41, 5.74) is 1.49. The van der Waals surface area contributed by atoms with Gasteiger partial charge in [-0.05, 0) is 35.4 Å². The monoisotopic (exact) mass is 438 g/mol. The maximum Gasteiger partial charge on any atom is 0.246 e. The average Bonchev–Trinajstić information content (AvgIpc) is 2.66. The average molecular weight is 439 g/mol. The third kappa shape index (κ3) is 5.58. The summed E-state index contributed by atoms with van der Waals surface area (Å²) < 4.78 is 26.6. The minimum Gasteiger partial charge on any atom is -0.337 e. The minimum atomic E-state index is -3.40. The van der Waals surface area contributed by atoms with E-state index >= 15 is 0 Å². The van der Waals surface area contributed by atoms with Gasteiger partial charge in [-0.2, -0.15) is 4.31 Å². The standard InChI is InChI=1S/C20H20Cl2N2O3S/c21-18-12-17(13-19(22)14-18)6-7-20(25)23-8-10-24(11-9-23)28(26,27)15-16-4-2-1-3-5-16/h1-7,12-14H,8-11,15H2/b7-6+. The van der Waals surface area contributed by atoms with Gasteiger partial charge in [-0.1, -0.05) is 53.5 Å². The molecule has 8 heteroatoms. The lowest BCUT2D eigenvalue weighted by molar-refractivity contribution is -0.127. The summed E-state index contributed by atoms with van der Waals surface area (Å²) in [4.78, 5) is 14.0. The summed E-state index contributed by atoms with van der Waals surface area (Å²) in [6, 6.07) is 14.1. The number of carbonyl (C=O) groups is 1. The van der Waals surface area contributed by atoms with Crippen LogP contribution in [0.1, 0.15) is 11.1 Å². The first-order chi connectivity index (χ1) is 13.3. The summed E-state index contributed by atoms with van der Waals surface area (Å²) in [5, 5.41) is 0.994. The SMILES string of the molecule is O=C(/C=C/c1cc(Cl)cc(Cl)c1)N1CCN(S(=O)(=O)Cc2ccccc2)CC1. The van der Waals surface area contributed by atoms with Crippen LogP contribution in [0.5, 0.6) is 0 Å². The van der Waals surface area contributed by atoms with Crippen LogP contribution in [0.25, 0.3) is 6.08 Å². The van der Waals surface area contributed by atoms with E-state index in [1.807, 2.05) is 18.2 Å². The van der Waals surface area contributed by atoms with E-state index in [0.29, 0.717) is 23.1 Å². The quantitative estimate of drug-likeness (QED) is 0.668. The van der Waals surface area contributed by atoms with E-state index < -0.39 is 10.0 Å². The second-order valence-electron chi connectivity index (χ2n) is 6.50. The lowest BCUT2D eigenvalue weighted by Gasteiger charge is -2.33. The molecule has 0 unspecified atom stereocenters. The van der Waals surface area contributed by atoms with Crippen molar-refractivity contribution in [3.05, 3.63) is 75.8 Å². The predicted octanol–water partition coefficient (Wildman–Crippen LogP) is 3.68. The molecule has 2 aromatic rings. The predicted molar refractivity (Wildman–Crippen MR) is 113 cm³/mol. The summed E-state index contributed by atoms with van der Waals surface area (Å²) in [5.74, 6) is -0.201. The molecule has 0 aliphatic carbocycles. The Morgan fingerprint density at radius 3 is 2.18 bits per heavy atom. The Kier molecular flexibility index (Phi) is 6.78. The highest BCUT2D eigenvalue weighted by molar-refractivity contribution is 7.88. The molecule has 1 aliphatic heterocycles. The largest absolute Gasteiger partial charge is 0.337 e. The maximum atomic E-state index is 12.6. The summed E-state index contributed by atoms with van der Waals surface area (Å²) in [6.07, 6.45) is 3.11. The number of benzene rings is 2. The lowest BCUT2D eigenvalue weighted by Crippen LogP contribution is -2.50. The number of sulfonamides is 1. The zero-order chi connectivity index (χ0) is 20.1. The zero-order valence-electron chi connectivity index (χ0n) is 15.1. The Morgan fingerprint density at radius 1 is 0.964 bits per heavy atom. The van der Waals surface area contributed by atoms with E-state index in [4.69, 9.17) is 23.2 Å². The van der Waals surface area contributed by atoms with Gasteiger partial charge < -0.3 is 4.90 Å². The third-order valence-corrected chi connectivity index (χ3v) is 6.73. The van der Waals surface area contributed by atoms with Gasteiger partial charge in [-0.25, -0.2) is 8.42 Å². The highest BCUT2D eigenvalue weighted by atomic mass is 35.5. The van der Waals surface area contributed by atoms with E-state index in [1.54, 1.807) is 41.3 Å². The molecule has 0 aromatic heterocycles. The van der Waals surface area contributed by atoms with Crippen molar-refractivity contribution in [3.8, 4) is 0 Å². The Bertz CT molecular complexity index is 950. The fourth-order valence-corrected chi connectivity index (χ4v) is 5.07. The van der Waals surface area contributed by atoms with E-state index in [2.05, 4.69) is 0 Å². The van der Waals surface area contributed by atoms with Gasteiger partial charge in [0, 0.05) is 42.3 Å². The molecular weight excluding hydrogens is 419 g/mol. The Labute approximate surface area is 175 Å². The van der Waals surface area contributed by atoms with Crippen LogP contribution in [-0.4, -0.2) is 49.7 Å². The van der Waals surface area contributed by atoms with Crippen molar-refractivity contribution in [3.63, 3.8) is 0 Å². The van der Waals surface area contributed by atoms with Crippen LogP contribution in [0.15, 0.2) is 54.6 Å². The van der Waals surface area contributed by atoms with Crippen molar-refractivity contribution in [1.82, 2.24) is 9.21 Å². The molecule has 1 aliphatic rings. The van der Waals surface area contributed by atoms with Gasteiger partial charge in [0.15, 0.2) is 0 Å². The van der Waals surface area contributed by atoms with Crippen molar-refractivity contribution >= 4 is 45.2 Å². The maximum absolute atomic E-state index is 12.6. The number of carbonyl (C=O) groups excluding carboxylic acids is 1. The van der Waals surface area contributed by atoms with Crippen LogP contribution in [0, 0.1) is 0 Å². The number of piperazine rings is 1. The van der Waals surface area contributed by atoms with Gasteiger partial charge in [-0.15, -0.1) is 0 Å². The number of rotatable bonds is 5. The summed E-state index contributed by atoms with van der Waals surface area (Å²) in [7, 11) is -3.40. The molecule has 3 rings (SSSR count). The molecule has 0 atom stereocenters. The normalized spacial score (nSPS) is 15.9. The van der Waals surface area contributed by atoms with Crippen molar-refractivity contribution in [2.24, 2.45) is 0 Å². The molecule has 1 fully saturated rings. The summed E-state index contributed by atoms with van der Waals surface area (Å²) >= 11 is 11.9. The van der Waals surface area contributed by atoms with E-state index in [0.717, 1.165) is 11.1 Å². The van der Waals surface area contributed by atoms with Gasteiger partial charge in [0.2, 0.25) is 15.9 Å². The van der Waals surface area contributed by atoms with Crippen LogP contribution in [0.4, 0.5) is 0 Å². The van der Waals surface area contributed by atoms with Gasteiger partial charge in [0.25, 0.3) is 0 Å². The second-order valence-corrected chi connectivity index (χ2v) is 9.34. The van der Waals surface area contributed by atoms with Crippen molar-refractivity contribution in [1.29, 1.82) is 0 Å². The first-order valence-corrected chi connectivity index (χ1v) is 11.1.